The van der Waals surface area contributed by atoms with E-state index in [9.17, 15) is 4.79 Å². The summed E-state index contributed by atoms with van der Waals surface area (Å²) in [4.78, 5) is 17.4. The quantitative estimate of drug-likeness (QED) is 0.893. The van der Waals surface area contributed by atoms with Gasteiger partial charge in [-0.1, -0.05) is 23.7 Å². The first-order valence-corrected chi connectivity index (χ1v) is 9.91. The summed E-state index contributed by atoms with van der Waals surface area (Å²) in [7, 11) is 2.24. The lowest BCUT2D eigenvalue weighted by molar-refractivity contribution is -0.132. The fourth-order valence-electron chi connectivity index (χ4n) is 4.19. The lowest BCUT2D eigenvalue weighted by atomic mass is 9.86. The van der Waals surface area contributed by atoms with Crippen molar-refractivity contribution in [2.75, 3.05) is 39.8 Å². The molecule has 0 aromatic heterocycles. The van der Waals surface area contributed by atoms with E-state index in [1.54, 1.807) is 0 Å². The predicted molar refractivity (Wildman–Crippen MR) is 103 cm³/mol. The Kier molecular flexibility index (Phi) is 6.37. The molecule has 0 bridgehead atoms. The maximum absolute atomic E-state index is 12.8. The molecule has 1 spiro atoms. The minimum absolute atomic E-state index is 0.174. The highest BCUT2D eigenvalue weighted by Crippen LogP contribution is 2.29. The number of aryl methyl sites for hydroxylation is 1. The zero-order valence-electron chi connectivity index (χ0n) is 15.3. The molecule has 0 aliphatic carbocycles. The van der Waals surface area contributed by atoms with Gasteiger partial charge >= 0.3 is 0 Å². The van der Waals surface area contributed by atoms with Gasteiger partial charge in [-0.25, -0.2) is 0 Å². The topological polar surface area (TPSA) is 35.6 Å². The van der Waals surface area contributed by atoms with Gasteiger partial charge in [-0.3, -0.25) is 9.69 Å². The van der Waals surface area contributed by atoms with Gasteiger partial charge in [0.05, 0.1) is 0 Å². The average Bonchev–Trinajstić information content (AvgIpc) is 2.77. The number of nitrogens with one attached hydrogen (secondary N) is 1. The molecule has 5 heteroatoms. The zero-order valence-corrected chi connectivity index (χ0v) is 16.0. The Balaban J connectivity index is 1.54. The number of carbonyl (C=O) groups excluding carboxylic acids is 1. The van der Waals surface area contributed by atoms with Gasteiger partial charge in [0, 0.05) is 36.6 Å². The largest absolute Gasteiger partial charge is 0.341 e. The lowest BCUT2D eigenvalue weighted by Crippen LogP contribution is -2.58. The van der Waals surface area contributed by atoms with E-state index < -0.39 is 0 Å². The van der Waals surface area contributed by atoms with Crippen LogP contribution in [0.15, 0.2) is 24.3 Å². The zero-order chi connectivity index (χ0) is 17.7. The molecule has 0 atom stereocenters. The number of amides is 1. The number of hydrogen-bond acceptors (Lipinski definition) is 3. The van der Waals surface area contributed by atoms with Gasteiger partial charge in [0.25, 0.3) is 0 Å². The summed E-state index contributed by atoms with van der Waals surface area (Å²) in [5.41, 5.74) is 1.43. The van der Waals surface area contributed by atoms with Crippen LogP contribution in [0.4, 0.5) is 0 Å². The van der Waals surface area contributed by atoms with Crippen LogP contribution in [0.3, 0.4) is 0 Å². The second-order valence-electron chi connectivity index (χ2n) is 7.54. The summed E-state index contributed by atoms with van der Waals surface area (Å²) < 4.78 is 0. The number of rotatable bonds is 4. The molecule has 0 saturated carbocycles. The smallest absolute Gasteiger partial charge is 0.222 e. The Morgan fingerprint density at radius 1 is 1.20 bits per heavy atom. The van der Waals surface area contributed by atoms with Crippen LogP contribution in [0.2, 0.25) is 5.02 Å². The van der Waals surface area contributed by atoms with Gasteiger partial charge < -0.3 is 10.2 Å². The van der Waals surface area contributed by atoms with Crippen molar-refractivity contribution in [1.29, 1.82) is 0 Å². The molecule has 4 nitrogen and oxygen atoms in total. The molecule has 0 radical (unpaired) electrons. The summed E-state index contributed by atoms with van der Waals surface area (Å²) in [6.07, 6.45) is 5.83. The molecule has 2 saturated heterocycles. The monoisotopic (exact) mass is 363 g/mol. The molecule has 138 valence electrons. The van der Waals surface area contributed by atoms with Crippen molar-refractivity contribution in [3.05, 3.63) is 34.9 Å². The van der Waals surface area contributed by atoms with Crippen molar-refractivity contribution < 1.29 is 4.79 Å². The van der Waals surface area contributed by atoms with E-state index in [-0.39, 0.29) is 5.54 Å². The highest BCUT2D eigenvalue weighted by Gasteiger charge is 2.40. The molecule has 1 aromatic carbocycles. The SMILES string of the molecule is CN1CCCN(C(=O)CCCc2ccc(Cl)cc2)CC12CCNCC2. The predicted octanol–water partition coefficient (Wildman–Crippen LogP) is 2.95. The minimum atomic E-state index is 0.174. The van der Waals surface area contributed by atoms with E-state index >= 15 is 0 Å². The Hall–Kier alpha value is -1.10. The number of halogens is 1. The Morgan fingerprint density at radius 3 is 2.64 bits per heavy atom. The van der Waals surface area contributed by atoms with Crippen molar-refractivity contribution in [3.8, 4) is 0 Å². The van der Waals surface area contributed by atoms with E-state index in [1.165, 1.54) is 5.56 Å². The molecule has 0 unspecified atom stereocenters. The maximum Gasteiger partial charge on any atom is 0.222 e. The van der Waals surface area contributed by atoms with Gasteiger partial charge in [-0.15, -0.1) is 0 Å². The summed E-state index contributed by atoms with van der Waals surface area (Å²) in [6, 6.07) is 7.95. The molecule has 1 N–H and O–H groups in total. The van der Waals surface area contributed by atoms with Crippen LogP contribution >= 0.6 is 11.6 Å². The van der Waals surface area contributed by atoms with Crippen molar-refractivity contribution in [1.82, 2.24) is 15.1 Å². The van der Waals surface area contributed by atoms with Crippen LogP contribution in [0, 0.1) is 0 Å². The first-order chi connectivity index (χ1) is 12.1. The Morgan fingerprint density at radius 2 is 1.92 bits per heavy atom. The summed E-state index contributed by atoms with van der Waals surface area (Å²) in [6.45, 7) is 5.00. The summed E-state index contributed by atoms with van der Waals surface area (Å²) >= 11 is 5.93. The van der Waals surface area contributed by atoms with Gasteiger partial charge in [0.15, 0.2) is 0 Å². The first kappa shape index (κ1) is 18.7. The van der Waals surface area contributed by atoms with Gasteiger partial charge in [0.1, 0.15) is 0 Å². The van der Waals surface area contributed by atoms with Crippen LogP contribution in [-0.2, 0) is 11.2 Å². The third kappa shape index (κ3) is 4.75. The molecule has 2 heterocycles. The van der Waals surface area contributed by atoms with E-state index in [1.807, 2.05) is 12.1 Å². The molecule has 3 rings (SSSR count). The highest BCUT2D eigenvalue weighted by atomic mass is 35.5. The van der Waals surface area contributed by atoms with Crippen LogP contribution in [0.5, 0.6) is 0 Å². The third-order valence-electron chi connectivity index (χ3n) is 5.87. The van der Waals surface area contributed by atoms with Crippen molar-refractivity contribution in [3.63, 3.8) is 0 Å². The molecule has 25 heavy (non-hydrogen) atoms. The van der Waals surface area contributed by atoms with Crippen LogP contribution in [0.25, 0.3) is 0 Å². The number of carbonyl (C=O) groups is 1. The van der Waals surface area contributed by atoms with Crippen LogP contribution in [-0.4, -0.2) is 61.0 Å². The van der Waals surface area contributed by atoms with Crippen LogP contribution < -0.4 is 5.32 Å². The van der Waals surface area contributed by atoms with Crippen molar-refractivity contribution in [2.24, 2.45) is 0 Å². The summed E-state index contributed by atoms with van der Waals surface area (Å²) in [5, 5.41) is 4.22. The molecule has 2 aliphatic rings. The molecule has 1 aromatic rings. The normalized spacial score (nSPS) is 21.3. The van der Waals surface area contributed by atoms with E-state index in [0.29, 0.717) is 12.3 Å². The molecule has 2 aliphatic heterocycles. The highest BCUT2D eigenvalue weighted by molar-refractivity contribution is 6.30. The fraction of sp³-hybridized carbons (Fsp3) is 0.650. The number of likely N-dealkylation sites (N-methyl/N-ethyl adjacent to an activating group) is 1. The van der Waals surface area contributed by atoms with Crippen LogP contribution in [0.1, 0.15) is 37.7 Å². The summed E-state index contributed by atoms with van der Waals surface area (Å²) in [5.74, 6) is 0.321. The second-order valence-corrected chi connectivity index (χ2v) is 7.98. The van der Waals surface area contributed by atoms with E-state index in [4.69, 9.17) is 11.6 Å². The number of hydrogen-bond donors (Lipinski definition) is 1. The number of piperidine rings is 1. The third-order valence-corrected chi connectivity index (χ3v) is 6.12. The second kappa shape index (κ2) is 8.52. The Bertz CT molecular complexity index is 569. The maximum atomic E-state index is 12.8. The number of benzene rings is 1. The average molecular weight is 364 g/mol. The van der Waals surface area contributed by atoms with Crippen molar-refractivity contribution >= 4 is 17.5 Å². The molecule has 2 fully saturated rings. The van der Waals surface area contributed by atoms with E-state index in [0.717, 1.165) is 69.9 Å². The molecular weight excluding hydrogens is 334 g/mol. The standard InChI is InChI=1S/C20H30ClN3O/c1-23-14-3-15-24(16-20(23)10-12-22-13-11-20)19(25)5-2-4-17-6-8-18(21)9-7-17/h6-9,22H,2-5,10-16H2,1H3. The van der Waals surface area contributed by atoms with Gasteiger partial charge in [-0.05, 0) is 69.9 Å². The van der Waals surface area contributed by atoms with Gasteiger partial charge in [0.2, 0.25) is 5.91 Å². The van der Waals surface area contributed by atoms with Crippen molar-refractivity contribution in [2.45, 2.75) is 44.1 Å². The van der Waals surface area contributed by atoms with Gasteiger partial charge in [-0.2, -0.15) is 0 Å². The molecule has 1 amide bonds. The fourth-order valence-corrected chi connectivity index (χ4v) is 4.31. The minimum Gasteiger partial charge on any atom is -0.341 e. The first-order valence-electron chi connectivity index (χ1n) is 9.53. The number of nitrogens with zero attached hydrogens (tertiary/aromatic N) is 2. The lowest BCUT2D eigenvalue weighted by Gasteiger charge is -2.45. The Labute approximate surface area is 156 Å². The van der Waals surface area contributed by atoms with E-state index in [2.05, 4.69) is 34.3 Å². The molecular formula is C20H30ClN3O.